The lowest BCUT2D eigenvalue weighted by atomic mass is 10.0. The molecule has 0 spiro atoms. The molecule has 2 aromatic carbocycles. The van der Waals surface area contributed by atoms with Crippen molar-refractivity contribution in [3.05, 3.63) is 59.3 Å². The molecular weight excluding hydrogens is 284 g/mol. The van der Waals surface area contributed by atoms with Crippen molar-refractivity contribution in [1.29, 1.82) is 0 Å². The highest BCUT2D eigenvalue weighted by Crippen LogP contribution is 2.36. The van der Waals surface area contributed by atoms with Gasteiger partial charge in [0.15, 0.2) is 0 Å². The molecular formula is C20H22N2O. The number of aryl methyl sites for hydroxylation is 1. The van der Waals surface area contributed by atoms with Crippen molar-refractivity contribution in [3.8, 4) is 11.4 Å². The van der Waals surface area contributed by atoms with Crippen molar-refractivity contribution >= 4 is 10.9 Å². The van der Waals surface area contributed by atoms with Crippen LogP contribution in [-0.2, 0) is 13.0 Å². The smallest absolute Gasteiger partial charge is 0.142 e. The van der Waals surface area contributed by atoms with Crippen LogP contribution in [0.1, 0.15) is 16.8 Å². The quantitative estimate of drug-likeness (QED) is 0.713. The third-order valence-electron chi connectivity index (χ3n) is 4.82. The molecule has 1 aliphatic rings. The van der Waals surface area contributed by atoms with Crippen LogP contribution in [0, 0.1) is 6.92 Å². The van der Waals surface area contributed by atoms with Crippen LogP contribution in [0.3, 0.4) is 0 Å². The van der Waals surface area contributed by atoms with Gasteiger partial charge in [-0.2, -0.15) is 0 Å². The Labute approximate surface area is 137 Å². The topological polar surface area (TPSA) is 17.4 Å². The van der Waals surface area contributed by atoms with Gasteiger partial charge in [-0.3, -0.25) is 0 Å². The van der Waals surface area contributed by atoms with E-state index in [0.717, 1.165) is 30.9 Å². The average molecular weight is 306 g/mol. The average Bonchev–Trinajstić information content (AvgIpc) is 2.87. The van der Waals surface area contributed by atoms with Crippen molar-refractivity contribution in [2.75, 3.05) is 20.7 Å². The van der Waals surface area contributed by atoms with Crippen LogP contribution in [0.15, 0.2) is 42.5 Å². The first kappa shape index (κ1) is 14.3. The summed E-state index contributed by atoms with van der Waals surface area (Å²) in [5.41, 5.74) is 6.61. The third-order valence-corrected chi connectivity index (χ3v) is 4.82. The van der Waals surface area contributed by atoms with Gasteiger partial charge in [0.1, 0.15) is 5.75 Å². The Morgan fingerprint density at radius 3 is 2.74 bits per heavy atom. The van der Waals surface area contributed by atoms with Gasteiger partial charge < -0.3 is 14.2 Å². The van der Waals surface area contributed by atoms with Gasteiger partial charge in [0.25, 0.3) is 0 Å². The predicted octanol–water partition coefficient (Wildman–Crippen LogP) is 3.94. The summed E-state index contributed by atoms with van der Waals surface area (Å²) in [5.74, 6) is 0.923. The van der Waals surface area contributed by atoms with Crippen molar-refractivity contribution < 1.29 is 4.74 Å². The number of benzene rings is 2. The Morgan fingerprint density at radius 2 is 1.91 bits per heavy atom. The molecule has 2 heterocycles. The first-order chi connectivity index (χ1) is 11.2. The molecule has 0 unspecified atom stereocenters. The van der Waals surface area contributed by atoms with Gasteiger partial charge >= 0.3 is 0 Å². The Hall–Kier alpha value is -2.26. The first-order valence-corrected chi connectivity index (χ1v) is 8.14. The number of hydrogen-bond acceptors (Lipinski definition) is 2. The van der Waals surface area contributed by atoms with Crippen molar-refractivity contribution in [1.82, 2.24) is 9.47 Å². The minimum absolute atomic E-state index is 0.923. The molecule has 4 rings (SSSR count). The molecule has 118 valence electrons. The van der Waals surface area contributed by atoms with Gasteiger partial charge in [0, 0.05) is 30.6 Å². The summed E-state index contributed by atoms with van der Waals surface area (Å²) >= 11 is 0. The highest BCUT2D eigenvalue weighted by molar-refractivity contribution is 5.88. The lowest BCUT2D eigenvalue weighted by Crippen LogP contribution is -2.27. The van der Waals surface area contributed by atoms with E-state index in [1.165, 1.54) is 27.7 Å². The van der Waals surface area contributed by atoms with Crippen LogP contribution in [0.4, 0.5) is 0 Å². The molecule has 1 aromatic heterocycles. The molecule has 3 heteroatoms. The zero-order valence-corrected chi connectivity index (χ0v) is 14.0. The maximum absolute atomic E-state index is 5.62. The largest absolute Gasteiger partial charge is 0.495 e. The van der Waals surface area contributed by atoms with E-state index in [2.05, 4.69) is 53.8 Å². The Bertz CT molecular complexity index is 879. The molecule has 23 heavy (non-hydrogen) atoms. The summed E-state index contributed by atoms with van der Waals surface area (Å²) in [7, 11) is 3.94. The second kappa shape index (κ2) is 5.43. The number of hydrogen-bond donors (Lipinski definition) is 0. The molecule has 0 radical (unpaired) electrons. The van der Waals surface area contributed by atoms with Gasteiger partial charge in [-0.25, -0.2) is 0 Å². The number of aromatic nitrogens is 1. The molecule has 0 N–H and O–H groups in total. The number of rotatable bonds is 2. The molecule has 0 atom stereocenters. The molecule has 3 nitrogen and oxygen atoms in total. The fraction of sp³-hybridized carbons (Fsp3) is 0.300. The molecule has 1 aliphatic heterocycles. The second-order valence-corrected chi connectivity index (χ2v) is 6.44. The first-order valence-electron chi connectivity index (χ1n) is 8.14. The van der Waals surface area contributed by atoms with Crippen LogP contribution in [0.25, 0.3) is 16.6 Å². The number of nitrogens with zero attached hydrogens (tertiary/aromatic N) is 2. The molecule has 0 saturated carbocycles. The molecule has 0 bridgehead atoms. The van der Waals surface area contributed by atoms with E-state index < -0.39 is 0 Å². The van der Waals surface area contributed by atoms with Crippen LogP contribution >= 0.6 is 0 Å². The molecule has 0 saturated heterocycles. The maximum atomic E-state index is 5.62. The van der Waals surface area contributed by atoms with Crippen molar-refractivity contribution in [3.63, 3.8) is 0 Å². The Kier molecular flexibility index (Phi) is 3.38. The lowest BCUT2D eigenvalue weighted by molar-refractivity contribution is 0.311. The van der Waals surface area contributed by atoms with Gasteiger partial charge in [-0.15, -0.1) is 0 Å². The summed E-state index contributed by atoms with van der Waals surface area (Å²) in [6, 6.07) is 15.1. The molecule has 3 aromatic rings. The van der Waals surface area contributed by atoms with E-state index >= 15 is 0 Å². The summed E-state index contributed by atoms with van der Waals surface area (Å²) in [6.45, 7) is 4.27. The molecule has 0 aliphatic carbocycles. The summed E-state index contributed by atoms with van der Waals surface area (Å²) < 4.78 is 8.02. The van der Waals surface area contributed by atoms with E-state index in [9.17, 15) is 0 Å². The van der Waals surface area contributed by atoms with Crippen LogP contribution in [0.2, 0.25) is 0 Å². The van der Waals surface area contributed by atoms with E-state index in [1.54, 1.807) is 7.11 Å². The van der Waals surface area contributed by atoms with E-state index in [1.807, 2.05) is 12.1 Å². The SMILES string of the molecule is COc1ccccc1-n1c2c(c3cc(C)ccc31)CN(C)CC2. The van der Waals surface area contributed by atoms with Crippen LogP contribution < -0.4 is 4.74 Å². The minimum atomic E-state index is 0.923. The van der Waals surface area contributed by atoms with E-state index in [4.69, 9.17) is 4.74 Å². The number of methoxy groups -OCH3 is 1. The molecule has 0 fully saturated rings. The fourth-order valence-electron chi connectivity index (χ4n) is 3.70. The second-order valence-electron chi connectivity index (χ2n) is 6.44. The lowest BCUT2D eigenvalue weighted by Gasteiger charge is -2.24. The van der Waals surface area contributed by atoms with Crippen molar-refractivity contribution in [2.45, 2.75) is 19.9 Å². The normalized spacial score (nSPS) is 14.9. The minimum Gasteiger partial charge on any atom is -0.495 e. The third kappa shape index (κ3) is 2.23. The Morgan fingerprint density at radius 1 is 1.09 bits per heavy atom. The van der Waals surface area contributed by atoms with Crippen LogP contribution in [-0.4, -0.2) is 30.2 Å². The number of likely N-dealkylation sites (N-methyl/N-ethyl adjacent to an activating group) is 1. The van der Waals surface area contributed by atoms with E-state index in [0.29, 0.717) is 0 Å². The highest BCUT2D eigenvalue weighted by Gasteiger charge is 2.24. The van der Waals surface area contributed by atoms with Gasteiger partial charge in [0.05, 0.1) is 18.3 Å². The summed E-state index contributed by atoms with van der Waals surface area (Å²) in [5, 5.41) is 1.37. The zero-order chi connectivity index (χ0) is 16.0. The number of para-hydroxylation sites is 2. The molecule has 0 amide bonds. The number of fused-ring (bicyclic) bond motifs is 3. The fourth-order valence-corrected chi connectivity index (χ4v) is 3.70. The standard InChI is InChI=1S/C20H22N2O/c1-14-8-9-17-15(12-14)16-13-21(2)11-10-18(16)22(17)19-6-4-5-7-20(19)23-3/h4-9,12H,10-11,13H2,1-3H3. The van der Waals surface area contributed by atoms with Gasteiger partial charge in [-0.1, -0.05) is 23.8 Å². The maximum Gasteiger partial charge on any atom is 0.142 e. The highest BCUT2D eigenvalue weighted by atomic mass is 16.5. The van der Waals surface area contributed by atoms with E-state index in [-0.39, 0.29) is 0 Å². The summed E-state index contributed by atoms with van der Waals surface area (Å²) in [6.07, 6.45) is 1.07. The van der Waals surface area contributed by atoms with Crippen molar-refractivity contribution in [2.24, 2.45) is 0 Å². The zero-order valence-electron chi connectivity index (χ0n) is 14.0. The summed E-state index contributed by atoms with van der Waals surface area (Å²) in [4.78, 5) is 2.40. The van der Waals surface area contributed by atoms with Crippen LogP contribution in [0.5, 0.6) is 5.75 Å². The van der Waals surface area contributed by atoms with Gasteiger partial charge in [0.2, 0.25) is 0 Å². The monoisotopic (exact) mass is 306 g/mol. The van der Waals surface area contributed by atoms with Gasteiger partial charge in [-0.05, 0) is 43.8 Å². The number of ether oxygens (including phenoxy) is 1. The Balaban J connectivity index is 2.07. The predicted molar refractivity (Wildman–Crippen MR) is 94.6 cm³/mol.